The van der Waals surface area contributed by atoms with E-state index in [4.69, 9.17) is 23.2 Å². The second-order valence-corrected chi connectivity index (χ2v) is 9.75. The van der Waals surface area contributed by atoms with Gasteiger partial charge in [-0.25, -0.2) is 8.42 Å². The van der Waals surface area contributed by atoms with Crippen molar-refractivity contribution in [2.24, 2.45) is 0 Å². The maximum absolute atomic E-state index is 13.4. The Kier molecular flexibility index (Phi) is 8.04. The van der Waals surface area contributed by atoms with Gasteiger partial charge < -0.3 is 5.32 Å². The van der Waals surface area contributed by atoms with Crippen LogP contribution in [0.1, 0.15) is 5.56 Å². The van der Waals surface area contributed by atoms with Crippen molar-refractivity contribution in [3.8, 4) is 0 Å². The van der Waals surface area contributed by atoms with Crippen molar-refractivity contribution in [1.82, 2.24) is 4.31 Å². The number of amides is 1. The van der Waals surface area contributed by atoms with Gasteiger partial charge in [0.1, 0.15) is 4.90 Å². The van der Waals surface area contributed by atoms with Crippen molar-refractivity contribution in [2.45, 2.75) is 11.3 Å². The lowest BCUT2D eigenvalue weighted by molar-refractivity contribution is -0.384. The Morgan fingerprint density at radius 2 is 1.73 bits per heavy atom. The Labute approximate surface area is 200 Å². The van der Waals surface area contributed by atoms with Gasteiger partial charge in [0.2, 0.25) is 15.9 Å². The van der Waals surface area contributed by atoms with Crippen molar-refractivity contribution >= 4 is 50.5 Å². The molecule has 0 spiro atoms. The highest BCUT2D eigenvalue weighted by Gasteiger charge is 2.29. The summed E-state index contributed by atoms with van der Waals surface area (Å²) in [7, 11) is -4.19. The molecule has 1 N–H and O–H groups in total. The molecule has 0 heterocycles. The van der Waals surface area contributed by atoms with E-state index in [0.29, 0.717) is 6.42 Å². The second kappa shape index (κ2) is 10.8. The summed E-state index contributed by atoms with van der Waals surface area (Å²) in [6, 6.07) is 18.6. The zero-order valence-electron chi connectivity index (χ0n) is 17.1. The van der Waals surface area contributed by atoms with Crippen LogP contribution in [0.5, 0.6) is 0 Å². The van der Waals surface area contributed by atoms with Gasteiger partial charge in [-0.05, 0) is 36.2 Å². The zero-order chi connectivity index (χ0) is 24.0. The minimum Gasteiger partial charge on any atom is -0.325 e. The molecule has 1 amide bonds. The lowest BCUT2D eigenvalue weighted by Gasteiger charge is -2.22. The number of nitro groups is 1. The normalized spacial score (nSPS) is 11.4. The third-order valence-corrected chi connectivity index (χ3v) is 7.23. The number of halogens is 2. The predicted octanol–water partition coefficient (Wildman–Crippen LogP) is 4.77. The molecule has 0 aliphatic rings. The van der Waals surface area contributed by atoms with Gasteiger partial charge in [0, 0.05) is 29.4 Å². The first kappa shape index (κ1) is 24.7. The first-order valence-electron chi connectivity index (χ1n) is 9.70. The summed E-state index contributed by atoms with van der Waals surface area (Å²) in [4.78, 5) is 22.9. The van der Waals surface area contributed by atoms with Crippen molar-refractivity contribution in [3.63, 3.8) is 0 Å². The van der Waals surface area contributed by atoms with Crippen LogP contribution in [-0.2, 0) is 21.2 Å². The highest BCUT2D eigenvalue weighted by molar-refractivity contribution is 7.89. The van der Waals surface area contributed by atoms with Crippen LogP contribution in [0, 0.1) is 10.1 Å². The number of rotatable bonds is 9. The Balaban J connectivity index is 1.86. The van der Waals surface area contributed by atoms with Gasteiger partial charge in [-0.3, -0.25) is 14.9 Å². The van der Waals surface area contributed by atoms with E-state index in [0.717, 1.165) is 9.87 Å². The molecular weight excluding hydrogens is 489 g/mol. The van der Waals surface area contributed by atoms with Gasteiger partial charge in [0.25, 0.3) is 5.69 Å². The fourth-order valence-corrected chi connectivity index (χ4v) is 5.19. The topological polar surface area (TPSA) is 110 Å². The van der Waals surface area contributed by atoms with E-state index in [1.165, 1.54) is 42.5 Å². The maximum Gasteiger partial charge on any atom is 0.271 e. The molecule has 3 rings (SSSR count). The molecule has 0 aliphatic carbocycles. The molecule has 3 aromatic carbocycles. The summed E-state index contributed by atoms with van der Waals surface area (Å²) < 4.78 is 27.7. The Morgan fingerprint density at radius 1 is 1.00 bits per heavy atom. The third-order valence-electron chi connectivity index (χ3n) is 4.66. The van der Waals surface area contributed by atoms with Gasteiger partial charge in [-0.1, -0.05) is 59.6 Å². The summed E-state index contributed by atoms with van der Waals surface area (Å²) in [5.41, 5.74) is 0.858. The molecule has 0 radical (unpaired) electrons. The number of hydrogen-bond donors (Lipinski definition) is 1. The molecule has 0 bridgehead atoms. The van der Waals surface area contributed by atoms with Crippen LogP contribution in [0.15, 0.2) is 77.7 Å². The minimum atomic E-state index is -4.19. The van der Waals surface area contributed by atoms with Crippen LogP contribution >= 0.6 is 23.2 Å². The smallest absolute Gasteiger partial charge is 0.271 e. The van der Waals surface area contributed by atoms with E-state index >= 15 is 0 Å². The van der Waals surface area contributed by atoms with Crippen LogP contribution in [0.4, 0.5) is 11.4 Å². The first-order chi connectivity index (χ1) is 15.7. The molecular formula is C22H19Cl2N3O5S. The number of carbonyl (C=O) groups excluding carboxylic acids is 1. The van der Waals surface area contributed by atoms with Crippen LogP contribution in [0.2, 0.25) is 10.0 Å². The fourth-order valence-electron chi connectivity index (χ4n) is 3.05. The lowest BCUT2D eigenvalue weighted by Crippen LogP contribution is -2.39. The van der Waals surface area contributed by atoms with Crippen molar-refractivity contribution in [3.05, 3.63) is 98.5 Å². The molecule has 8 nitrogen and oxygen atoms in total. The first-order valence-corrected chi connectivity index (χ1v) is 11.9. The van der Waals surface area contributed by atoms with Gasteiger partial charge in [-0.15, -0.1) is 0 Å². The quantitative estimate of drug-likeness (QED) is 0.331. The van der Waals surface area contributed by atoms with Crippen LogP contribution in [-0.4, -0.2) is 36.6 Å². The van der Waals surface area contributed by atoms with E-state index in [-0.39, 0.29) is 32.9 Å². The fraction of sp³-hybridized carbons (Fsp3) is 0.136. The van der Waals surface area contributed by atoms with Crippen molar-refractivity contribution in [2.75, 3.05) is 18.4 Å². The molecule has 0 aromatic heterocycles. The van der Waals surface area contributed by atoms with Crippen molar-refractivity contribution in [1.29, 1.82) is 0 Å². The molecule has 0 saturated heterocycles. The van der Waals surface area contributed by atoms with Gasteiger partial charge in [0.15, 0.2) is 0 Å². The number of nitrogens with one attached hydrogen (secondary N) is 1. The summed E-state index contributed by atoms with van der Waals surface area (Å²) in [6.45, 7) is -0.530. The number of hydrogen-bond acceptors (Lipinski definition) is 5. The molecule has 11 heteroatoms. The lowest BCUT2D eigenvalue weighted by atomic mass is 10.1. The largest absolute Gasteiger partial charge is 0.325 e. The van der Waals surface area contributed by atoms with Gasteiger partial charge >= 0.3 is 0 Å². The monoisotopic (exact) mass is 507 g/mol. The molecule has 0 atom stereocenters. The Morgan fingerprint density at radius 3 is 2.42 bits per heavy atom. The third kappa shape index (κ3) is 6.52. The number of benzene rings is 3. The second-order valence-electron chi connectivity index (χ2n) is 7.00. The Hall–Kier alpha value is -2.98. The molecule has 3 aromatic rings. The zero-order valence-corrected chi connectivity index (χ0v) is 19.5. The molecule has 172 valence electrons. The van der Waals surface area contributed by atoms with E-state index in [1.54, 1.807) is 0 Å². The molecule has 0 aliphatic heterocycles. The summed E-state index contributed by atoms with van der Waals surface area (Å²) in [5.74, 6) is -0.662. The average Bonchev–Trinajstić information content (AvgIpc) is 2.78. The highest BCUT2D eigenvalue weighted by Crippen LogP contribution is 2.28. The average molecular weight is 508 g/mol. The summed E-state index contributed by atoms with van der Waals surface area (Å²) in [5, 5.41) is 13.6. The van der Waals surface area contributed by atoms with E-state index in [2.05, 4.69) is 5.32 Å². The number of nitro benzene ring substituents is 1. The van der Waals surface area contributed by atoms with Crippen molar-refractivity contribution < 1.29 is 18.1 Å². The Bertz CT molecular complexity index is 1270. The van der Waals surface area contributed by atoms with Gasteiger partial charge in [-0.2, -0.15) is 4.31 Å². The highest BCUT2D eigenvalue weighted by atomic mass is 35.5. The number of sulfonamides is 1. The molecule has 0 unspecified atom stereocenters. The van der Waals surface area contributed by atoms with E-state index in [9.17, 15) is 23.3 Å². The molecule has 0 saturated carbocycles. The summed E-state index contributed by atoms with van der Waals surface area (Å²) >= 11 is 12.1. The number of nitrogens with zero attached hydrogens (tertiary/aromatic N) is 2. The van der Waals surface area contributed by atoms with E-state index in [1.807, 2.05) is 30.3 Å². The number of anilines is 1. The number of non-ortho nitro benzene ring substituents is 1. The van der Waals surface area contributed by atoms with Crippen LogP contribution in [0.3, 0.4) is 0 Å². The minimum absolute atomic E-state index is 0.00243. The standard InChI is InChI=1S/C22H19Cl2N3O5S/c23-17-9-10-20(24)21(13-17)33(31,32)26(12-11-16-5-2-1-3-6-16)15-22(28)25-18-7-4-8-19(14-18)27(29)30/h1-10,13-14H,11-12,15H2,(H,25,28). The van der Waals surface area contributed by atoms with Gasteiger partial charge in [0.05, 0.1) is 16.5 Å². The number of carbonyl (C=O) groups is 1. The SMILES string of the molecule is O=C(CN(CCc1ccccc1)S(=O)(=O)c1cc(Cl)ccc1Cl)Nc1cccc([N+](=O)[O-])c1. The molecule has 0 fully saturated rings. The van der Waals surface area contributed by atoms with Crippen LogP contribution in [0.25, 0.3) is 0 Å². The van der Waals surface area contributed by atoms with E-state index < -0.39 is 27.4 Å². The predicted molar refractivity (Wildman–Crippen MR) is 127 cm³/mol. The molecule has 33 heavy (non-hydrogen) atoms. The summed E-state index contributed by atoms with van der Waals surface area (Å²) in [6.07, 6.45) is 0.350. The van der Waals surface area contributed by atoms with Crippen LogP contribution < -0.4 is 5.32 Å². The maximum atomic E-state index is 13.4.